The van der Waals surface area contributed by atoms with Crippen molar-refractivity contribution in [3.05, 3.63) is 176 Å². The second-order valence-electron chi connectivity index (χ2n) is 34.4. The van der Waals surface area contributed by atoms with Crippen molar-refractivity contribution < 1.29 is 132 Å². The summed E-state index contributed by atoms with van der Waals surface area (Å²) in [6.45, 7) is 8.51. The molecule has 3 saturated heterocycles. The molecular weight excluding hydrogens is 1800 g/mol. The summed E-state index contributed by atoms with van der Waals surface area (Å²) in [6, 6.07) is 21.1. The molecular formula is C92H106Cl3N9O27S. The maximum atomic E-state index is 16.8. The SMILES string of the molecule is CCC(CC(C)O)C(=O)NC1C(=O)CC(CC(N)=O)C(=O)NC2C(=O)CC3C(=O)NC(C(=O)NC(C(=O)SCC(=O)NCCN)c4cc(O)cc(O)c4-c4cc3ccc4O)C(OC3CC(C)(N)C(O)C(C)O3)c3ccc(c(Cl)c3)Oc3cc2cc(c3OC2OC(CO)C(O)C(O)C2OC2CC(C)(NCc3ccc(-c4ccc(Cl)cc4)cc3)C(O)C(C)O2)Oc2ccc(cc2Cl)C1O. The Morgan fingerprint density at radius 2 is 1.31 bits per heavy atom. The van der Waals surface area contributed by atoms with E-state index in [0.29, 0.717) is 16.8 Å². The van der Waals surface area contributed by atoms with Crippen molar-refractivity contribution in [2.75, 3.05) is 25.4 Å². The number of phenolic OH excluding ortho intramolecular Hbond substituents is 3. The van der Waals surface area contributed by atoms with E-state index in [1.807, 2.05) is 36.4 Å². The number of ketones is 2. The number of fused-ring (bicyclic) bond motifs is 15. The van der Waals surface area contributed by atoms with E-state index in [1.165, 1.54) is 57.2 Å². The molecule has 7 aromatic rings. The monoisotopic (exact) mass is 1910 g/mol. The van der Waals surface area contributed by atoms with Gasteiger partial charge in [0.05, 0.1) is 64.8 Å². The number of hydrogen-bond donors (Lipinski definition) is 19. The normalized spacial score (nSPS) is 29.1. The average Bonchev–Trinajstić information content (AvgIpc) is 0.747. The average molecular weight is 1910 g/mol. The van der Waals surface area contributed by atoms with E-state index >= 15 is 28.8 Å². The highest BCUT2D eigenvalue weighted by Gasteiger charge is 2.53. The van der Waals surface area contributed by atoms with E-state index < -0.39 is 285 Å². The number of carbonyl (C=O) groups is 9. The number of Topliss-reactive ketones (excluding diaryl/α,β-unsaturated/α-hetero) is 2. The standard InChI is InChI=1S/C92H106Cl3N9O27S/c1-7-44(24-40(2)106)85(119)103-75-61(110)28-51(31-68(97)112)86(120)101-73-50-29-65(126-63-20-15-48(77(75)114)26-57(63)94)81(131-90-82(79(116)78(115)67(38-105)128-90)130-71-36-92(6,84(118)42(4)125-71)100-37-43-8-10-45(11-9-43)46-12-17-52(93)18-13-46)66(30-50)127-64-21-16-49(27-58(64)95)80(129-70-35-91(5,98)83(117)41(3)124-70)76-88(122)102-74(89(123)132-39-69(113)99-23-22-96)56-32-53(107)33-60(109)72(56)55-25-47(14-19-59(55)108)54(34-62(73)111)87(121)104-76/h8-21,25-27,29-30,32-33,40-42,44,51,54,67,70-71,73-80,82-84,90,100,105-109,114-118H,7,22-24,28,31,34-39,96,98H2,1-6H3,(H2,97,112)(H,99,113)(H,101,120)(H,102,122)(H,103,119)(H,104,121). The third-order valence-corrected chi connectivity index (χ3v) is 26.2. The zero-order valence-corrected chi connectivity index (χ0v) is 75.5. The van der Waals surface area contributed by atoms with E-state index in [0.717, 1.165) is 59.2 Å². The van der Waals surface area contributed by atoms with Crippen molar-refractivity contribution in [1.29, 1.82) is 0 Å². The number of rotatable bonds is 23. The number of phenols is 3. The Balaban J connectivity index is 1.02. The lowest BCUT2D eigenvalue weighted by Gasteiger charge is -2.48. The molecule has 11 bridgehead atoms. The third kappa shape index (κ3) is 22.5. The molecule has 0 spiro atoms. The summed E-state index contributed by atoms with van der Waals surface area (Å²) >= 11 is 21.3. The first kappa shape index (κ1) is 99.3. The maximum absolute atomic E-state index is 16.8. The Labute approximate surface area is 777 Å². The van der Waals surface area contributed by atoms with Gasteiger partial charge >= 0.3 is 0 Å². The van der Waals surface area contributed by atoms with Crippen LogP contribution in [0, 0.1) is 11.8 Å². The predicted molar refractivity (Wildman–Crippen MR) is 478 cm³/mol. The van der Waals surface area contributed by atoms with E-state index in [9.17, 15) is 65.4 Å². The lowest BCUT2D eigenvalue weighted by atomic mass is 9.84. The number of hydrogen-bond acceptors (Lipinski definition) is 31. The van der Waals surface area contributed by atoms with Gasteiger partial charge in [-0.3, -0.25) is 43.2 Å². The number of nitrogens with two attached hydrogens (primary N) is 3. The zero-order valence-electron chi connectivity index (χ0n) is 72.4. The second-order valence-corrected chi connectivity index (χ2v) is 36.7. The van der Waals surface area contributed by atoms with Gasteiger partial charge in [0.25, 0.3) is 0 Å². The van der Waals surface area contributed by atoms with Gasteiger partial charge in [0.1, 0.15) is 83.4 Å². The fourth-order valence-corrected chi connectivity index (χ4v) is 18.5. The van der Waals surface area contributed by atoms with Crippen LogP contribution in [0.2, 0.25) is 15.1 Å². The molecule has 36 nitrogen and oxygen atoms in total. The molecule has 0 aromatic heterocycles. The molecule has 132 heavy (non-hydrogen) atoms. The summed E-state index contributed by atoms with van der Waals surface area (Å²) in [6.07, 6.45) is -26.3. The van der Waals surface area contributed by atoms with Crippen LogP contribution in [0.4, 0.5) is 0 Å². The molecule has 8 aliphatic rings. The topological polar surface area (TPSA) is 580 Å². The molecule has 22 N–H and O–H groups in total. The van der Waals surface area contributed by atoms with Crippen molar-refractivity contribution in [2.45, 2.75) is 220 Å². The van der Waals surface area contributed by atoms with Gasteiger partial charge < -0.3 is 138 Å². The molecule has 8 heterocycles. The summed E-state index contributed by atoms with van der Waals surface area (Å²) in [5.41, 5.74) is 15.9. The number of benzene rings is 7. The molecule has 23 atom stereocenters. The Bertz CT molecular complexity index is 5470. The number of amides is 6. The van der Waals surface area contributed by atoms with Crippen LogP contribution in [-0.2, 0) is 73.4 Å². The number of aromatic hydroxyl groups is 3. The maximum Gasteiger partial charge on any atom is 0.246 e. The highest BCUT2D eigenvalue weighted by Crippen LogP contribution is 2.52. The van der Waals surface area contributed by atoms with Crippen LogP contribution in [0.25, 0.3) is 22.3 Å². The summed E-state index contributed by atoms with van der Waals surface area (Å²) in [4.78, 5) is 137. The van der Waals surface area contributed by atoms with Crippen LogP contribution in [0.3, 0.4) is 0 Å². The minimum absolute atomic E-state index is 0.00551. The van der Waals surface area contributed by atoms with Gasteiger partial charge in [-0.1, -0.05) is 108 Å². The number of nitrogens with one attached hydrogen (secondary N) is 6. The molecule has 708 valence electrons. The molecule has 23 unspecified atom stereocenters. The Morgan fingerprint density at radius 3 is 1.93 bits per heavy atom. The largest absolute Gasteiger partial charge is 0.508 e. The molecule has 0 aliphatic carbocycles. The lowest BCUT2D eigenvalue weighted by molar-refractivity contribution is -0.334. The third-order valence-electron chi connectivity index (χ3n) is 24.4. The fourth-order valence-electron chi connectivity index (χ4n) is 17.2. The van der Waals surface area contributed by atoms with Crippen LogP contribution in [0.1, 0.15) is 150 Å². The number of halogens is 3. The quantitative estimate of drug-likeness (QED) is 0.0355. The highest BCUT2D eigenvalue weighted by molar-refractivity contribution is 8.14. The summed E-state index contributed by atoms with van der Waals surface area (Å²) in [5.74, 6) is -19.3. The molecule has 15 rings (SSSR count). The zero-order chi connectivity index (χ0) is 95.4. The Morgan fingerprint density at radius 1 is 0.682 bits per heavy atom. The van der Waals surface area contributed by atoms with Crippen molar-refractivity contribution >= 4 is 98.7 Å². The molecule has 7 aromatic carbocycles. The van der Waals surface area contributed by atoms with Crippen LogP contribution >= 0.6 is 46.6 Å². The summed E-state index contributed by atoms with van der Waals surface area (Å²) in [5, 5.41) is 133. The molecule has 8 aliphatic heterocycles. The van der Waals surface area contributed by atoms with Crippen LogP contribution in [-0.4, -0.2) is 226 Å². The first-order chi connectivity index (χ1) is 62.6. The van der Waals surface area contributed by atoms with Crippen LogP contribution in [0.5, 0.6) is 46.0 Å². The van der Waals surface area contributed by atoms with Gasteiger partial charge in [-0.2, -0.15) is 0 Å². The van der Waals surface area contributed by atoms with Crippen molar-refractivity contribution in [1.82, 2.24) is 31.9 Å². The van der Waals surface area contributed by atoms with Crippen LogP contribution in [0.15, 0.2) is 127 Å². The van der Waals surface area contributed by atoms with Gasteiger partial charge in [-0.05, 0) is 159 Å². The number of aliphatic hydroxyl groups excluding tert-OH is 7. The molecule has 3 fully saturated rings. The highest BCUT2D eigenvalue weighted by atomic mass is 35.5. The molecule has 6 amide bonds. The number of aliphatic hydroxyl groups is 7. The molecule has 0 radical (unpaired) electrons. The van der Waals surface area contributed by atoms with E-state index in [4.69, 9.17) is 89.9 Å². The second kappa shape index (κ2) is 42.1. The first-order valence-corrected chi connectivity index (χ1v) is 45.0. The number of ether oxygens (including phenoxy) is 8. The first-order valence-electron chi connectivity index (χ1n) is 42.9. The van der Waals surface area contributed by atoms with Crippen molar-refractivity contribution in [3.8, 4) is 68.2 Å². The molecule has 40 heteroatoms. The van der Waals surface area contributed by atoms with Gasteiger partial charge in [-0.25, -0.2) is 0 Å². The smallest absolute Gasteiger partial charge is 0.246 e. The fraction of sp³-hybridized carbons (Fsp3) is 0.446. The van der Waals surface area contributed by atoms with E-state index in [2.05, 4.69) is 31.9 Å². The minimum atomic E-state index is -2.28. The predicted octanol–water partition coefficient (Wildman–Crippen LogP) is 5.88. The van der Waals surface area contributed by atoms with Gasteiger partial charge in [0.2, 0.25) is 52.6 Å². The van der Waals surface area contributed by atoms with Crippen molar-refractivity contribution in [2.24, 2.45) is 29.0 Å². The number of carbonyl (C=O) groups excluding carboxylic acids is 9. The lowest BCUT2D eigenvalue weighted by Crippen LogP contribution is -2.65. The summed E-state index contributed by atoms with van der Waals surface area (Å²) < 4.78 is 53.4. The Kier molecular flexibility index (Phi) is 31.7. The van der Waals surface area contributed by atoms with E-state index in [-0.39, 0.29) is 78.5 Å². The Hall–Kier alpha value is -10.2. The number of primary amides is 1. The molecule has 0 saturated carbocycles. The van der Waals surface area contributed by atoms with Gasteiger partial charge in [0.15, 0.2) is 41.7 Å². The van der Waals surface area contributed by atoms with Crippen LogP contribution < -0.4 is 63.3 Å². The van der Waals surface area contributed by atoms with Gasteiger partial charge in [-0.15, -0.1) is 0 Å². The minimum Gasteiger partial charge on any atom is -0.508 e. The summed E-state index contributed by atoms with van der Waals surface area (Å²) in [7, 11) is 0. The van der Waals surface area contributed by atoms with Gasteiger partial charge in [0, 0.05) is 91.0 Å². The van der Waals surface area contributed by atoms with E-state index in [1.54, 1.807) is 32.9 Å². The number of thioether (sulfide) groups is 1. The van der Waals surface area contributed by atoms with Crippen molar-refractivity contribution in [3.63, 3.8) is 0 Å².